The van der Waals surface area contributed by atoms with Crippen LogP contribution in [-0.2, 0) is 0 Å². The van der Waals surface area contributed by atoms with Gasteiger partial charge in [0.1, 0.15) is 0 Å². The van der Waals surface area contributed by atoms with E-state index in [2.05, 4.69) is 4.99 Å². The number of thiazole rings is 1. The molecule has 1 aromatic heterocycles. The van der Waals surface area contributed by atoms with E-state index in [1.54, 1.807) is 24.3 Å². The molecule has 2 aromatic carbocycles. The van der Waals surface area contributed by atoms with Crippen LogP contribution in [0.1, 0.15) is 58.9 Å². The van der Waals surface area contributed by atoms with Crippen LogP contribution in [0.5, 0.6) is 5.88 Å². The van der Waals surface area contributed by atoms with Crippen LogP contribution in [0.2, 0.25) is 0 Å². The van der Waals surface area contributed by atoms with Crippen LogP contribution in [0.25, 0.3) is 11.6 Å². The maximum absolute atomic E-state index is 11.4. The first kappa shape index (κ1) is 20.5. The minimum atomic E-state index is -0.985. The van der Waals surface area contributed by atoms with E-state index in [1.807, 2.05) is 41.1 Å². The highest BCUT2D eigenvalue weighted by atomic mass is 32.1. The van der Waals surface area contributed by atoms with E-state index in [9.17, 15) is 15.0 Å². The van der Waals surface area contributed by atoms with E-state index in [1.165, 1.54) is 17.8 Å². The van der Waals surface area contributed by atoms with Crippen molar-refractivity contribution in [2.24, 2.45) is 9.98 Å². The number of rotatable bonds is 4. The van der Waals surface area contributed by atoms with Gasteiger partial charge in [-0.15, -0.1) is 0 Å². The summed E-state index contributed by atoms with van der Waals surface area (Å²) in [6.07, 6.45) is 9.22. The van der Waals surface area contributed by atoms with E-state index >= 15 is 0 Å². The summed E-state index contributed by atoms with van der Waals surface area (Å²) in [5.74, 6) is -0.777. The quantitative estimate of drug-likeness (QED) is 0.520. The lowest BCUT2D eigenvalue weighted by atomic mass is 9.95. The van der Waals surface area contributed by atoms with Gasteiger partial charge in [-0.1, -0.05) is 54.9 Å². The van der Waals surface area contributed by atoms with Crippen LogP contribution >= 0.6 is 11.3 Å². The molecule has 7 heteroatoms. The number of fused-ring (bicyclic) bond motifs is 1. The Kier molecular flexibility index (Phi) is 5.49. The molecule has 1 saturated carbocycles. The fourth-order valence-electron chi connectivity index (χ4n) is 4.36. The predicted octanol–water partition coefficient (Wildman–Crippen LogP) is 5.95. The van der Waals surface area contributed by atoms with E-state index in [0.717, 1.165) is 47.4 Å². The molecule has 1 fully saturated rings. The van der Waals surface area contributed by atoms with Crippen molar-refractivity contribution in [3.05, 3.63) is 69.3 Å². The number of hydrogen-bond donors (Lipinski definition) is 2. The SMILES string of the molecule is O=C(O)c1cccc(N=c2sc(/C=C3\C=Nc4ccccc43)c(O)n2C2CCCCC2)c1. The largest absolute Gasteiger partial charge is 0.493 e. The van der Waals surface area contributed by atoms with Gasteiger partial charge in [0.05, 0.1) is 21.8 Å². The molecule has 0 amide bonds. The maximum atomic E-state index is 11.4. The van der Waals surface area contributed by atoms with Crippen LogP contribution < -0.4 is 4.80 Å². The molecule has 32 heavy (non-hydrogen) atoms. The zero-order valence-corrected chi connectivity index (χ0v) is 18.3. The Labute approximate surface area is 189 Å². The third-order valence-corrected chi connectivity index (χ3v) is 6.95. The zero-order chi connectivity index (χ0) is 22.1. The topological polar surface area (TPSA) is 87.2 Å². The van der Waals surface area contributed by atoms with E-state index in [4.69, 9.17) is 4.99 Å². The van der Waals surface area contributed by atoms with Crippen molar-refractivity contribution in [3.63, 3.8) is 0 Å². The first-order valence-electron chi connectivity index (χ1n) is 10.8. The van der Waals surface area contributed by atoms with Gasteiger partial charge in [0.25, 0.3) is 0 Å². The van der Waals surface area contributed by atoms with Crippen molar-refractivity contribution in [2.45, 2.75) is 38.1 Å². The molecule has 0 atom stereocenters. The second-order valence-corrected chi connectivity index (χ2v) is 9.09. The van der Waals surface area contributed by atoms with Crippen molar-refractivity contribution in [3.8, 4) is 5.88 Å². The van der Waals surface area contributed by atoms with Gasteiger partial charge in [0, 0.05) is 23.4 Å². The van der Waals surface area contributed by atoms with Crippen LogP contribution in [0.4, 0.5) is 11.4 Å². The number of hydrogen-bond acceptors (Lipinski definition) is 5. The number of aromatic carboxylic acids is 1. The van der Waals surface area contributed by atoms with Crippen LogP contribution in [-0.4, -0.2) is 27.0 Å². The van der Waals surface area contributed by atoms with Gasteiger partial charge in [-0.3, -0.25) is 9.56 Å². The molecule has 3 aromatic rings. The molecule has 2 heterocycles. The molecule has 0 unspecified atom stereocenters. The Morgan fingerprint density at radius 2 is 1.94 bits per heavy atom. The summed E-state index contributed by atoms with van der Waals surface area (Å²) in [5.41, 5.74) is 3.66. The number of carboxylic acid groups (broad SMARTS) is 1. The molecule has 0 saturated heterocycles. The summed E-state index contributed by atoms with van der Waals surface area (Å²) in [7, 11) is 0. The lowest BCUT2D eigenvalue weighted by molar-refractivity contribution is 0.0697. The van der Waals surface area contributed by atoms with Gasteiger partial charge in [-0.25, -0.2) is 9.79 Å². The lowest BCUT2D eigenvalue weighted by Crippen LogP contribution is -2.22. The molecule has 0 spiro atoms. The van der Waals surface area contributed by atoms with Gasteiger partial charge < -0.3 is 10.2 Å². The normalized spacial score (nSPS) is 17.8. The smallest absolute Gasteiger partial charge is 0.335 e. The number of aliphatic imine (C=N–C) groups is 1. The molecule has 0 radical (unpaired) electrons. The van der Waals surface area contributed by atoms with E-state index < -0.39 is 5.97 Å². The minimum Gasteiger partial charge on any atom is -0.493 e. The highest BCUT2D eigenvalue weighted by molar-refractivity contribution is 7.10. The number of aromatic nitrogens is 1. The number of carboxylic acids is 1. The van der Waals surface area contributed by atoms with Crippen molar-refractivity contribution < 1.29 is 15.0 Å². The van der Waals surface area contributed by atoms with Crippen molar-refractivity contribution in [2.75, 3.05) is 0 Å². The summed E-state index contributed by atoms with van der Waals surface area (Å²) in [6, 6.07) is 14.7. The second-order valence-electron chi connectivity index (χ2n) is 8.08. The Hall–Kier alpha value is -3.45. The monoisotopic (exact) mass is 445 g/mol. The van der Waals surface area contributed by atoms with Crippen molar-refractivity contribution in [1.82, 2.24) is 4.57 Å². The van der Waals surface area contributed by atoms with Gasteiger partial charge in [-0.05, 0) is 43.2 Å². The fraction of sp³-hybridized carbons (Fsp3) is 0.240. The van der Waals surface area contributed by atoms with Gasteiger partial charge >= 0.3 is 5.97 Å². The lowest BCUT2D eigenvalue weighted by Gasteiger charge is -2.23. The highest BCUT2D eigenvalue weighted by Gasteiger charge is 2.23. The fourth-order valence-corrected chi connectivity index (χ4v) is 5.41. The summed E-state index contributed by atoms with van der Waals surface area (Å²) >= 11 is 1.41. The highest BCUT2D eigenvalue weighted by Crippen LogP contribution is 2.37. The molecule has 5 rings (SSSR count). The number of allylic oxidation sites excluding steroid dienone is 1. The van der Waals surface area contributed by atoms with Crippen LogP contribution in [0.3, 0.4) is 0 Å². The number of carbonyl (C=O) groups is 1. The van der Waals surface area contributed by atoms with E-state index in [-0.39, 0.29) is 17.5 Å². The standard InChI is InChI=1S/C25H23N3O3S/c29-23-22(14-17-15-26-21-12-5-4-11-20(17)21)32-25(28(23)19-9-2-1-3-10-19)27-18-8-6-7-16(13-18)24(30)31/h4-8,11-15,19,29H,1-3,9-10H2,(H,30,31)/b17-14+,27-25?. The summed E-state index contributed by atoms with van der Waals surface area (Å²) in [6.45, 7) is 0. The molecular formula is C25H23N3O3S. The third-order valence-electron chi connectivity index (χ3n) is 5.96. The zero-order valence-electron chi connectivity index (χ0n) is 17.4. The molecule has 2 N–H and O–H groups in total. The first-order valence-corrected chi connectivity index (χ1v) is 11.6. The number of nitrogens with zero attached hydrogens (tertiary/aromatic N) is 3. The molecule has 2 aliphatic rings. The van der Waals surface area contributed by atoms with Gasteiger partial charge in [0.2, 0.25) is 5.88 Å². The number of aromatic hydroxyl groups is 1. The Bertz CT molecular complexity index is 1310. The van der Waals surface area contributed by atoms with E-state index in [0.29, 0.717) is 10.5 Å². The third kappa shape index (κ3) is 3.91. The molecule has 0 bridgehead atoms. The average molecular weight is 446 g/mol. The Morgan fingerprint density at radius 1 is 1.12 bits per heavy atom. The summed E-state index contributed by atoms with van der Waals surface area (Å²) < 4.78 is 1.93. The summed E-state index contributed by atoms with van der Waals surface area (Å²) in [4.78, 5) is 22.0. The molecule has 6 nitrogen and oxygen atoms in total. The van der Waals surface area contributed by atoms with Crippen molar-refractivity contribution >= 4 is 46.5 Å². The van der Waals surface area contributed by atoms with Gasteiger partial charge in [0.15, 0.2) is 4.80 Å². The predicted molar refractivity (Wildman–Crippen MR) is 127 cm³/mol. The number of benzene rings is 2. The minimum absolute atomic E-state index is 0.179. The Morgan fingerprint density at radius 3 is 2.75 bits per heavy atom. The molecule has 1 aliphatic carbocycles. The average Bonchev–Trinajstić information content (AvgIpc) is 3.35. The number of para-hydroxylation sites is 1. The van der Waals surface area contributed by atoms with Crippen molar-refractivity contribution in [1.29, 1.82) is 0 Å². The molecular weight excluding hydrogens is 422 g/mol. The first-order chi connectivity index (χ1) is 15.6. The summed E-state index contributed by atoms with van der Waals surface area (Å²) in [5, 5.41) is 20.5. The van der Waals surface area contributed by atoms with Crippen LogP contribution in [0, 0.1) is 0 Å². The van der Waals surface area contributed by atoms with Crippen LogP contribution in [0.15, 0.2) is 58.5 Å². The Balaban J connectivity index is 1.63. The second kappa shape index (κ2) is 8.59. The maximum Gasteiger partial charge on any atom is 0.335 e. The molecule has 1 aliphatic heterocycles. The van der Waals surface area contributed by atoms with Gasteiger partial charge in [-0.2, -0.15) is 0 Å². The molecule has 162 valence electrons.